The molecule has 7 heteroatoms. The van der Waals surface area contributed by atoms with Crippen LogP contribution in [-0.4, -0.2) is 22.1 Å². The van der Waals surface area contributed by atoms with Gasteiger partial charge in [0, 0.05) is 28.8 Å². The maximum atomic E-state index is 13.0. The summed E-state index contributed by atoms with van der Waals surface area (Å²) >= 11 is 1.76. The largest absolute Gasteiger partial charge is 0.417 e. The number of nitrogens with zero attached hydrogens (tertiary/aromatic N) is 2. The molecule has 3 nitrogen and oxygen atoms in total. The van der Waals surface area contributed by atoms with E-state index in [1.807, 2.05) is 12.1 Å². The number of anilines is 1. The predicted octanol–water partition coefficient (Wildman–Crippen LogP) is 7.36. The number of aliphatic imine (C=N–C) groups is 1. The number of alkyl halides is 3. The summed E-state index contributed by atoms with van der Waals surface area (Å²) in [4.78, 5) is 9.78. The number of aromatic nitrogens is 1. The van der Waals surface area contributed by atoms with Gasteiger partial charge in [0.25, 0.3) is 0 Å². The molecular weight excluding hydrogens is 455 g/mol. The van der Waals surface area contributed by atoms with Crippen molar-refractivity contribution in [2.24, 2.45) is 4.99 Å². The summed E-state index contributed by atoms with van der Waals surface area (Å²) in [6.07, 6.45) is 2.57. The predicted molar refractivity (Wildman–Crippen MR) is 132 cm³/mol. The lowest BCUT2D eigenvalue weighted by Crippen LogP contribution is -2.37. The van der Waals surface area contributed by atoms with Crippen molar-refractivity contribution >= 4 is 23.3 Å². The number of pyridine rings is 1. The Morgan fingerprint density at radius 2 is 1.59 bits per heavy atom. The Kier molecular flexibility index (Phi) is 6.38. The minimum atomic E-state index is -4.39. The molecule has 34 heavy (non-hydrogen) atoms. The van der Waals surface area contributed by atoms with Crippen LogP contribution in [-0.2, 0) is 12.6 Å². The summed E-state index contributed by atoms with van der Waals surface area (Å²) in [5, 5.41) is 3.52. The molecule has 0 amide bonds. The molecule has 2 aliphatic rings. The second kappa shape index (κ2) is 9.45. The van der Waals surface area contributed by atoms with Crippen molar-refractivity contribution in [1.82, 2.24) is 4.98 Å². The summed E-state index contributed by atoms with van der Waals surface area (Å²) in [5.74, 6) is 0.472. The molecule has 0 unspecified atom stereocenters. The lowest BCUT2D eigenvalue weighted by atomic mass is 9.93. The first kappa shape index (κ1) is 23.0. The van der Waals surface area contributed by atoms with E-state index >= 15 is 0 Å². The first-order chi connectivity index (χ1) is 16.4. The number of nitrogens with one attached hydrogen (secondary N) is 1. The fourth-order valence-corrected chi connectivity index (χ4v) is 6.27. The normalized spacial score (nSPS) is 17.6. The molecular formula is C27H26F3N3S. The van der Waals surface area contributed by atoms with Crippen LogP contribution < -0.4 is 5.32 Å². The monoisotopic (exact) mass is 481 g/mol. The average Bonchev–Trinajstić information content (AvgIpc) is 2.84. The van der Waals surface area contributed by atoms with Crippen LogP contribution in [0.25, 0.3) is 0 Å². The SMILES string of the molecule is FC(F)(F)c1ccc(NC2(Sc3ccccc3C3=NCCc4ccccc43)CCCCC2)nc1. The molecule has 1 saturated carbocycles. The lowest BCUT2D eigenvalue weighted by molar-refractivity contribution is -0.137. The minimum absolute atomic E-state index is 0.337. The van der Waals surface area contributed by atoms with E-state index in [2.05, 4.69) is 46.7 Å². The van der Waals surface area contributed by atoms with Gasteiger partial charge in [-0.25, -0.2) is 4.98 Å². The van der Waals surface area contributed by atoms with E-state index in [0.717, 1.165) is 73.5 Å². The van der Waals surface area contributed by atoms with Crippen molar-refractivity contribution < 1.29 is 13.2 Å². The van der Waals surface area contributed by atoms with E-state index in [-0.39, 0.29) is 4.87 Å². The molecule has 0 radical (unpaired) electrons. The zero-order valence-electron chi connectivity index (χ0n) is 18.7. The van der Waals surface area contributed by atoms with Crippen molar-refractivity contribution in [3.8, 4) is 0 Å². The van der Waals surface area contributed by atoms with E-state index in [4.69, 9.17) is 4.99 Å². The fourth-order valence-electron chi connectivity index (χ4n) is 4.78. The van der Waals surface area contributed by atoms with E-state index in [0.29, 0.717) is 5.82 Å². The smallest absolute Gasteiger partial charge is 0.355 e. The first-order valence-corrected chi connectivity index (χ1v) is 12.5. The van der Waals surface area contributed by atoms with E-state index in [1.165, 1.54) is 17.2 Å². The van der Waals surface area contributed by atoms with Gasteiger partial charge < -0.3 is 5.32 Å². The van der Waals surface area contributed by atoms with Gasteiger partial charge in [-0.05, 0) is 43.0 Å². The molecule has 0 saturated heterocycles. The molecule has 2 aromatic carbocycles. The molecule has 176 valence electrons. The number of thioether (sulfide) groups is 1. The van der Waals surface area contributed by atoms with Crippen LogP contribution >= 0.6 is 11.8 Å². The highest BCUT2D eigenvalue weighted by molar-refractivity contribution is 8.00. The Bertz CT molecular complexity index is 1180. The van der Waals surface area contributed by atoms with Gasteiger partial charge in [0.2, 0.25) is 0 Å². The highest BCUT2D eigenvalue weighted by atomic mass is 32.2. The number of halogens is 3. The highest BCUT2D eigenvalue weighted by Gasteiger charge is 2.35. The maximum absolute atomic E-state index is 13.0. The van der Waals surface area contributed by atoms with Gasteiger partial charge in [-0.1, -0.05) is 73.5 Å². The van der Waals surface area contributed by atoms with Crippen LogP contribution in [0.15, 0.2) is 76.7 Å². The number of benzene rings is 2. The second-order valence-electron chi connectivity index (χ2n) is 8.85. The van der Waals surface area contributed by atoms with Gasteiger partial charge in [0.1, 0.15) is 5.82 Å². The lowest BCUT2D eigenvalue weighted by Gasteiger charge is -2.38. The molecule has 5 rings (SSSR count). The number of rotatable bonds is 5. The molecule has 1 aliphatic carbocycles. The van der Waals surface area contributed by atoms with Crippen LogP contribution in [0, 0.1) is 0 Å². The Labute approximate surface area is 201 Å². The Balaban J connectivity index is 1.46. The third-order valence-corrected chi connectivity index (χ3v) is 7.96. The standard InChI is InChI=1S/C27H26F3N3S/c28-27(29,30)20-12-13-24(32-18-20)33-26(15-6-1-7-16-26)34-23-11-5-4-10-22(23)25-21-9-3-2-8-19(21)14-17-31-25/h2-5,8-13,18H,1,6-7,14-17H2,(H,32,33). The van der Waals surface area contributed by atoms with Crippen molar-refractivity contribution in [1.29, 1.82) is 0 Å². The Morgan fingerprint density at radius 1 is 0.853 bits per heavy atom. The van der Waals surface area contributed by atoms with Gasteiger partial charge in [0.15, 0.2) is 0 Å². The van der Waals surface area contributed by atoms with Gasteiger partial charge in [-0.15, -0.1) is 0 Å². The summed E-state index contributed by atoms with van der Waals surface area (Å²) in [6, 6.07) is 19.3. The molecule has 1 fully saturated rings. The van der Waals surface area contributed by atoms with E-state index < -0.39 is 11.7 Å². The van der Waals surface area contributed by atoms with Crippen molar-refractivity contribution in [2.45, 2.75) is 54.5 Å². The first-order valence-electron chi connectivity index (χ1n) is 11.7. The molecule has 1 aromatic heterocycles. The van der Waals surface area contributed by atoms with Gasteiger partial charge >= 0.3 is 6.18 Å². The van der Waals surface area contributed by atoms with Crippen LogP contribution in [0.2, 0.25) is 0 Å². The number of fused-ring (bicyclic) bond motifs is 1. The molecule has 0 bridgehead atoms. The van der Waals surface area contributed by atoms with Crippen LogP contribution in [0.3, 0.4) is 0 Å². The fraction of sp³-hybridized carbons (Fsp3) is 0.333. The van der Waals surface area contributed by atoms with Crippen molar-refractivity contribution in [2.75, 3.05) is 11.9 Å². The minimum Gasteiger partial charge on any atom is -0.355 e. The average molecular weight is 482 g/mol. The zero-order valence-corrected chi connectivity index (χ0v) is 19.6. The van der Waals surface area contributed by atoms with E-state index in [9.17, 15) is 13.2 Å². The van der Waals surface area contributed by atoms with Crippen LogP contribution in [0.4, 0.5) is 19.0 Å². The molecule has 1 N–H and O–H groups in total. The molecule has 0 spiro atoms. The number of hydrogen-bond acceptors (Lipinski definition) is 4. The quantitative estimate of drug-likeness (QED) is 0.387. The maximum Gasteiger partial charge on any atom is 0.417 e. The summed E-state index contributed by atoms with van der Waals surface area (Å²) in [5.41, 5.74) is 3.88. The summed E-state index contributed by atoms with van der Waals surface area (Å²) in [6.45, 7) is 0.768. The zero-order chi connectivity index (χ0) is 23.6. The van der Waals surface area contributed by atoms with Crippen LogP contribution in [0.1, 0.15) is 54.4 Å². The van der Waals surface area contributed by atoms with Gasteiger partial charge in [-0.2, -0.15) is 13.2 Å². The highest BCUT2D eigenvalue weighted by Crippen LogP contribution is 2.45. The van der Waals surface area contributed by atoms with Gasteiger partial charge in [-0.3, -0.25) is 4.99 Å². The molecule has 1 aliphatic heterocycles. The van der Waals surface area contributed by atoms with Crippen molar-refractivity contribution in [3.05, 3.63) is 89.1 Å². The van der Waals surface area contributed by atoms with Gasteiger partial charge in [0.05, 0.1) is 16.1 Å². The van der Waals surface area contributed by atoms with E-state index in [1.54, 1.807) is 11.8 Å². The topological polar surface area (TPSA) is 37.3 Å². The number of hydrogen-bond donors (Lipinski definition) is 1. The second-order valence-corrected chi connectivity index (χ2v) is 10.3. The Hall–Kier alpha value is -2.80. The molecule has 2 heterocycles. The van der Waals surface area contributed by atoms with Crippen LogP contribution in [0.5, 0.6) is 0 Å². The molecule has 0 atom stereocenters. The summed E-state index contributed by atoms with van der Waals surface area (Å²) < 4.78 is 39.0. The third kappa shape index (κ3) is 4.85. The molecule has 3 aromatic rings. The Morgan fingerprint density at radius 3 is 2.32 bits per heavy atom. The van der Waals surface area contributed by atoms with Crippen molar-refractivity contribution in [3.63, 3.8) is 0 Å². The third-order valence-electron chi connectivity index (χ3n) is 6.48. The summed E-state index contributed by atoms with van der Waals surface area (Å²) in [7, 11) is 0.